The highest BCUT2D eigenvalue weighted by atomic mass is 16.2. The summed E-state index contributed by atoms with van der Waals surface area (Å²) in [6.45, 7) is 2.44. The summed E-state index contributed by atoms with van der Waals surface area (Å²) < 4.78 is 0. The van der Waals surface area contributed by atoms with E-state index in [1.54, 1.807) is 0 Å². The number of nitrogens with one attached hydrogen (secondary N) is 1. The van der Waals surface area contributed by atoms with E-state index in [1.165, 1.54) is 11.1 Å². The van der Waals surface area contributed by atoms with E-state index >= 15 is 0 Å². The fourth-order valence-electron chi connectivity index (χ4n) is 1.32. The lowest BCUT2D eigenvalue weighted by Crippen LogP contribution is -1.91. The summed E-state index contributed by atoms with van der Waals surface area (Å²) in [7, 11) is 0. The lowest BCUT2D eigenvalue weighted by atomic mass is 10.0. The van der Waals surface area contributed by atoms with E-state index in [4.69, 9.17) is 15.3 Å². The minimum atomic E-state index is 0.311. The van der Waals surface area contributed by atoms with Crippen molar-refractivity contribution in [2.75, 3.05) is 6.61 Å². The topological polar surface area (TPSA) is 61.1 Å². The zero-order valence-electron chi connectivity index (χ0n) is 8.99. The van der Waals surface area contributed by atoms with Crippen molar-refractivity contribution >= 4 is 6.08 Å². The first-order chi connectivity index (χ1) is 7.26. The largest absolute Gasteiger partial charge is 0.396 e. The third kappa shape index (κ3) is 6.61. The lowest BCUT2D eigenvalue weighted by Gasteiger charge is -2.03. The molecule has 0 atom stereocenters. The van der Waals surface area contributed by atoms with Gasteiger partial charge in [0.2, 0.25) is 6.08 Å². The van der Waals surface area contributed by atoms with E-state index in [-0.39, 0.29) is 0 Å². The van der Waals surface area contributed by atoms with Crippen LogP contribution in [0.3, 0.4) is 0 Å². The van der Waals surface area contributed by atoms with Crippen molar-refractivity contribution < 1.29 is 9.90 Å². The Balaban J connectivity index is 0.000000583. The Hall–Kier alpha value is -1.44. The molecule has 0 saturated heterocycles. The van der Waals surface area contributed by atoms with E-state index in [0.29, 0.717) is 6.61 Å². The normalized spacial score (nSPS) is 8.67. The molecule has 1 rings (SSSR count). The molecule has 0 bridgehead atoms. The molecular weight excluding hydrogens is 190 g/mol. The first-order valence-electron chi connectivity index (χ1n) is 4.95. The second-order valence-electron chi connectivity index (χ2n) is 3.21. The number of hydrogen-bond donors (Lipinski definition) is 2. The number of isocyanates is 1. The number of aliphatic hydroxyl groups is 1. The van der Waals surface area contributed by atoms with Crippen LogP contribution in [0.4, 0.5) is 0 Å². The molecule has 0 unspecified atom stereocenters. The molecule has 1 aromatic carbocycles. The summed E-state index contributed by atoms with van der Waals surface area (Å²) in [6.07, 6.45) is 3.84. The van der Waals surface area contributed by atoms with Crippen LogP contribution in [-0.2, 0) is 11.2 Å². The second-order valence-corrected chi connectivity index (χ2v) is 3.21. The van der Waals surface area contributed by atoms with E-state index in [0.717, 1.165) is 25.3 Å². The first kappa shape index (κ1) is 13.6. The van der Waals surface area contributed by atoms with E-state index < -0.39 is 0 Å². The van der Waals surface area contributed by atoms with Crippen LogP contribution in [0, 0.1) is 12.3 Å². The molecule has 3 nitrogen and oxygen atoms in total. The molecule has 1 aromatic rings. The average Bonchev–Trinajstić information content (AvgIpc) is 2.22. The van der Waals surface area contributed by atoms with Gasteiger partial charge in [-0.2, -0.15) is 0 Å². The molecular formula is C12H17NO2. The Labute approximate surface area is 90.3 Å². The standard InChI is InChI=1S/C11H16O.CHNO/c1-10-6-2-3-7-11(10)8-4-5-9-12;2-1-3/h2-3,6-7,12H,4-5,8-9H2,1H3;2H. The molecule has 0 spiro atoms. The summed E-state index contributed by atoms with van der Waals surface area (Å²) in [6, 6.07) is 8.42. The van der Waals surface area contributed by atoms with Crippen molar-refractivity contribution in [1.82, 2.24) is 0 Å². The van der Waals surface area contributed by atoms with Crippen molar-refractivity contribution in [3.63, 3.8) is 0 Å². The van der Waals surface area contributed by atoms with Crippen LogP contribution in [-0.4, -0.2) is 17.8 Å². The van der Waals surface area contributed by atoms with E-state index in [2.05, 4.69) is 31.2 Å². The molecule has 0 aromatic heterocycles. The van der Waals surface area contributed by atoms with Gasteiger partial charge in [-0.05, 0) is 37.3 Å². The summed E-state index contributed by atoms with van der Waals surface area (Å²) in [5, 5.41) is 14.0. The van der Waals surface area contributed by atoms with Crippen LogP contribution in [0.15, 0.2) is 24.3 Å². The van der Waals surface area contributed by atoms with Crippen molar-refractivity contribution in [3.05, 3.63) is 35.4 Å². The lowest BCUT2D eigenvalue weighted by molar-refractivity contribution is 0.284. The molecule has 2 N–H and O–H groups in total. The third-order valence-corrected chi connectivity index (χ3v) is 2.12. The summed E-state index contributed by atoms with van der Waals surface area (Å²) in [4.78, 5) is 8.35. The summed E-state index contributed by atoms with van der Waals surface area (Å²) >= 11 is 0. The molecule has 15 heavy (non-hydrogen) atoms. The Morgan fingerprint density at radius 3 is 2.47 bits per heavy atom. The van der Waals surface area contributed by atoms with Crippen LogP contribution in [0.5, 0.6) is 0 Å². The Morgan fingerprint density at radius 2 is 1.93 bits per heavy atom. The van der Waals surface area contributed by atoms with Gasteiger partial charge in [0.1, 0.15) is 0 Å². The smallest absolute Gasteiger partial charge is 0.231 e. The van der Waals surface area contributed by atoms with Gasteiger partial charge in [-0.15, -0.1) is 0 Å². The third-order valence-electron chi connectivity index (χ3n) is 2.12. The summed E-state index contributed by atoms with van der Waals surface area (Å²) in [5.41, 5.74) is 2.77. The summed E-state index contributed by atoms with van der Waals surface area (Å²) in [5.74, 6) is 0. The Bertz CT molecular complexity index is 304. The number of aryl methyl sites for hydroxylation is 2. The maximum atomic E-state index is 8.61. The molecule has 0 radical (unpaired) electrons. The monoisotopic (exact) mass is 207 g/mol. The number of aliphatic hydroxyl groups excluding tert-OH is 1. The SMILES string of the molecule is Cc1ccccc1CCCCO.N=C=O. The van der Waals surface area contributed by atoms with Gasteiger partial charge in [0.05, 0.1) is 0 Å². The highest BCUT2D eigenvalue weighted by molar-refractivity contribution is 5.26. The van der Waals surface area contributed by atoms with Gasteiger partial charge in [-0.25, -0.2) is 10.2 Å². The number of rotatable bonds is 4. The highest BCUT2D eigenvalue weighted by Gasteiger charge is 1.95. The van der Waals surface area contributed by atoms with Crippen LogP contribution >= 0.6 is 0 Å². The predicted octanol–water partition coefficient (Wildman–Crippen LogP) is 2.21. The van der Waals surface area contributed by atoms with E-state index in [1.807, 2.05) is 0 Å². The van der Waals surface area contributed by atoms with Gasteiger partial charge in [0.25, 0.3) is 0 Å². The maximum Gasteiger partial charge on any atom is 0.231 e. The van der Waals surface area contributed by atoms with Gasteiger partial charge >= 0.3 is 0 Å². The Kier molecular flexibility index (Phi) is 8.25. The molecule has 0 amide bonds. The van der Waals surface area contributed by atoms with Crippen molar-refractivity contribution in [2.24, 2.45) is 0 Å². The van der Waals surface area contributed by atoms with Gasteiger partial charge in [0.15, 0.2) is 0 Å². The van der Waals surface area contributed by atoms with Crippen LogP contribution in [0.25, 0.3) is 0 Å². The van der Waals surface area contributed by atoms with Crippen LogP contribution in [0.1, 0.15) is 24.0 Å². The van der Waals surface area contributed by atoms with Crippen molar-refractivity contribution in [3.8, 4) is 0 Å². The van der Waals surface area contributed by atoms with Gasteiger partial charge in [-0.1, -0.05) is 24.3 Å². The van der Waals surface area contributed by atoms with Crippen LogP contribution in [0.2, 0.25) is 0 Å². The van der Waals surface area contributed by atoms with Crippen LogP contribution < -0.4 is 0 Å². The molecule has 0 saturated carbocycles. The fourth-order valence-corrected chi connectivity index (χ4v) is 1.32. The molecule has 0 fully saturated rings. The molecule has 0 aliphatic heterocycles. The number of benzene rings is 1. The first-order valence-corrected chi connectivity index (χ1v) is 4.95. The van der Waals surface area contributed by atoms with Gasteiger partial charge in [0, 0.05) is 6.61 Å². The fraction of sp³-hybridized carbons (Fsp3) is 0.417. The quantitative estimate of drug-likeness (QED) is 0.451. The average molecular weight is 207 g/mol. The number of carbonyl (C=O) groups excluding carboxylic acids is 1. The second kappa shape index (κ2) is 9.13. The van der Waals surface area contributed by atoms with Gasteiger partial charge in [-0.3, -0.25) is 0 Å². The van der Waals surface area contributed by atoms with E-state index in [9.17, 15) is 0 Å². The molecule has 82 valence electrons. The molecule has 3 heteroatoms. The zero-order chi connectivity index (χ0) is 11.5. The predicted molar refractivity (Wildman–Crippen MR) is 59.6 cm³/mol. The Morgan fingerprint density at radius 1 is 1.33 bits per heavy atom. The number of unbranched alkanes of at least 4 members (excludes halogenated alkanes) is 1. The maximum absolute atomic E-state index is 8.61. The molecule has 0 heterocycles. The highest BCUT2D eigenvalue weighted by Crippen LogP contribution is 2.09. The van der Waals surface area contributed by atoms with Crippen molar-refractivity contribution in [2.45, 2.75) is 26.2 Å². The zero-order valence-corrected chi connectivity index (χ0v) is 8.99. The number of hydrogen-bond acceptors (Lipinski definition) is 3. The molecule has 0 aliphatic carbocycles. The minimum absolute atomic E-state index is 0.311. The molecule has 0 aliphatic rings. The van der Waals surface area contributed by atoms with Gasteiger partial charge < -0.3 is 5.11 Å². The minimum Gasteiger partial charge on any atom is -0.396 e. The van der Waals surface area contributed by atoms with Crippen molar-refractivity contribution in [1.29, 1.82) is 5.41 Å².